The number of nitrogens with zero attached hydrogens (tertiary/aromatic N) is 5. The van der Waals surface area contributed by atoms with E-state index in [0.29, 0.717) is 12.1 Å². The number of phenols is 1. The molecule has 2 rings (SSSR count). The zero-order valence-electron chi connectivity index (χ0n) is 11.9. The number of nitro benzene ring substituents is 3. The normalized spacial score (nSPS) is 9.65. The Morgan fingerprint density at radius 2 is 1.52 bits per heavy atom. The maximum absolute atomic E-state index is 10.4. The number of aromatic nitrogens is 2. The van der Waals surface area contributed by atoms with Gasteiger partial charge in [0.2, 0.25) is 0 Å². The van der Waals surface area contributed by atoms with Crippen molar-refractivity contribution in [2.45, 2.75) is 6.92 Å². The summed E-state index contributed by atoms with van der Waals surface area (Å²) in [6.45, 7) is 2.02. The lowest BCUT2D eigenvalue weighted by atomic mass is 10.2. The maximum atomic E-state index is 10.4. The molecule has 0 saturated carbocycles. The molecule has 1 aromatic heterocycles. The van der Waals surface area contributed by atoms with Crippen LogP contribution in [0.15, 0.2) is 24.4 Å². The Bertz CT molecular complexity index is 718. The summed E-state index contributed by atoms with van der Waals surface area (Å²) >= 11 is 0. The Kier molecular flexibility index (Phi) is 5.27. The number of aryl methyl sites for hydroxylation is 2. The summed E-state index contributed by atoms with van der Waals surface area (Å²) in [5, 5.41) is 44.1. The van der Waals surface area contributed by atoms with Crippen LogP contribution in [0, 0.1) is 37.3 Å². The number of aromatic hydroxyl groups is 1. The van der Waals surface area contributed by atoms with E-state index in [9.17, 15) is 30.3 Å². The third-order valence-corrected chi connectivity index (χ3v) is 2.72. The van der Waals surface area contributed by atoms with Gasteiger partial charge in [-0.05, 0) is 13.0 Å². The van der Waals surface area contributed by atoms with E-state index in [2.05, 4.69) is 5.10 Å². The lowest BCUT2D eigenvalue weighted by Gasteiger charge is -1.97. The molecule has 0 bridgehead atoms. The van der Waals surface area contributed by atoms with E-state index in [1.54, 1.807) is 6.20 Å². The monoisotopic (exact) mass is 325 g/mol. The Hall–Kier alpha value is -3.57. The van der Waals surface area contributed by atoms with Crippen LogP contribution in [0.5, 0.6) is 5.75 Å². The molecule has 0 spiro atoms. The molecule has 0 radical (unpaired) electrons. The number of nitro groups is 3. The molecule has 1 N–H and O–H groups in total. The highest BCUT2D eigenvalue weighted by molar-refractivity contribution is 5.64. The lowest BCUT2D eigenvalue weighted by molar-refractivity contribution is -0.404. The molecular weight excluding hydrogens is 314 g/mol. The highest BCUT2D eigenvalue weighted by Gasteiger charge is 2.30. The lowest BCUT2D eigenvalue weighted by Crippen LogP contribution is -1.97. The molecule has 0 saturated heterocycles. The van der Waals surface area contributed by atoms with Crippen LogP contribution in [0.2, 0.25) is 0 Å². The fourth-order valence-electron chi connectivity index (χ4n) is 1.41. The van der Waals surface area contributed by atoms with Gasteiger partial charge in [0.25, 0.3) is 11.4 Å². The average molecular weight is 325 g/mol. The van der Waals surface area contributed by atoms with Gasteiger partial charge in [-0.15, -0.1) is 0 Å². The van der Waals surface area contributed by atoms with Crippen LogP contribution in [0.3, 0.4) is 0 Å². The third kappa shape index (κ3) is 4.20. The molecule has 0 unspecified atom stereocenters. The van der Waals surface area contributed by atoms with Crippen molar-refractivity contribution in [2.75, 3.05) is 0 Å². The van der Waals surface area contributed by atoms with Crippen molar-refractivity contribution in [3.63, 3.8) is 0 Å². The number of hydrogen-bond donors (Lipinski definition) is 1. The first-order valence-corrected chi connectivity index (χ1v) is 5.90. The molecule has 1 heterocycles. The van der Waals surface area contributed by atoms with Gasteiger partial charge < -0.3 is 5.11 Å². The van der Waals surface area contributed by atoms with Crippen LogP contribution in [0.4, 0.5) is 17.1 Å². The summed E-state index contributed by atoms with van der Waals surface area (Å²) in [6.07, 6.45) is 1.79. The first-order valence-electron chi connectivity index (χ1n) is 5.90. The second-order valence-corrected chi connectivity index (χ2v) is 4.20. The molecule has 2 aromatic rings. The highest BCUT2D eigenvalue weighted by Crippen LogP contribution is 2.38. The Labute approximate surface area is 128 Å². The van der Waals surface area contributed by atoms with Crippen molar-refractivity contribution in [3.05, 3.63) is 60.4 Å². The van der Waals surface area contributed by atoms with E-state index in [1.807, 2.05) is 24.7 Å². The molecule has 0 fully saturated rings. The molecule has 23 heavy (non-hydrogen) atoms. The minimum Gasteiger partial charge on any atom is -0.497 e. The maximum Gasteiger partial charge on any atom is 0.324 e. The van der Waals surface area contributed by atoms with Gasteiger partial charge in [-0.1, -0.05) is 0 Å². The predicted molar refractivity (Wildman–Crippen MR) is 76.0 cm³/mol. The summed E-state index contributed by atoms with van der Waals surface area (Å²) in [7, 11) is 1.93. The van der Waals surface area contributed by atoms with Gasteiger partial charge in [-0.3, -0.25) is 35.0 Å². The van der Waals surface area contributed by atoms with E-state index in [1.165, 1.54) is 5.69 Å². The third-order valence-electron chi connectivity index (χ3n) is 2.72. The zero-order valence-corrected chi connectivity index (χ0v) is 11.9. The molecule has 0 aliphatic rings. The number of hydrogen-bond acceptors (Lipinski definition) is 8. The van der Waals surface area contributed by atoms with E-state index >= 15 is 0 Å². The van der Waals surface area contributed by atoms with Crippen molar-refractivity contribution in [3.8, 4) is 5.75 Å². The molecule has 0 amide bonds. The van der Waals surface area contributed by atoms with Crippen LogP contribution >= 0.6 is 0 Å². The summed E-state index contributed by atoms with van der Waals surface area (Å²) in [5.41, 5.74) is -1.81. The van der Waals surface area contributed by atoms with E-state index in [-0.39, 0.29) is 0 Å². The molecular formula is C11H11N5O7. The van der Waals surface area contributed by atoms with Crippen LogP contribution < -0.4 is 0 Å². The average Bonchev–Trinajstić information content (AvgIpc) is 2.82. The molecule has 12 nitrogen and oxygen atoms in total. The molecule has 0 aliphatic carbocycles. The van der Waals surface area contributed by atoms with Gasteiger partial charge in [0.1, 0.15) is 0 Å². The van der Waals surface area contributed by atoms with E-state index in [4.69, 9.17) is 5.11 Å². The van der Waals surface area contributed by atoms with Crippen molar-refractivity contribution in [1.82, 2.24) is 9.78 Å². The topological polar surface area (TPSA) is 167 Å². The summed E-state index contributed by atoms with van der Waals surface area (Å²) in [6, 6.07) is 2.87. The summed E-state index contributed by atoms with van der Waals surface area (Å²) < 4.78 is 1.83. The molecule has 0 aliphatic heterocycles. The first-order chi connectivity index (χ1) is 10.6. The zero-order chi connectivity index (χ0) is 17.7. The van der Waals surface area contributed by atoms with Gasteiger partial charge in [0.05, 0.1) is 26.9 Å². The van der Waals surface area contributed by atoms with Crippen molar-refractivity contribution in [2.24, 2.45) is 7.05 Å². The van der Waals surface area contributed by atoms with Crippen molar-refractivity contribution in [1.29, 1.82) is 0 Å². The number of non-ortho nitro benzene ring substituents is 1. The van der Waals surface area contributed by atoms with Crippen molar-refractivity contribution >= 4 is 17.1 Å². The van der Waals surface area contributed by atoms with Gasteiger partial charge in [0.15, 0.2) is 0 Å². The van der Waals surface area contributed by atoms with Gasteiger partial charge >= 0.3 is 11.4 Å². The summed E-state index contributed by atoms with van der Waals surface area (Å²) in [5.74, 6) is -1.21. The Balaban J connectivity index is 0.000000313. The molecule has 1 aromatic carbocycles. The standard InChI is InChI=1S/C6H3N3O7.C5H8N2/c10-6-4(8(13)14)1-3(7(11)12)2-5(6)9(15)16;1-5-3-4-6-7(5)2/h1-2,10H;3-4H,1-2H3. The fraction of sp³-hybridized carbons (Fsp3) is 0.182. The number of phenolic OH excluding ortho intramolecular Hbond substituents is 1. The molecule has 0 atom stereocenters. The fourth-order valence-corrected chi connectivity index (χ4v) is 1.41. The van der Waals surface area contributed by atoms with E-state index < -0.39 is 37.6 Å². The van der Waals surface area contributed by atoms with Crippen molar-refractivity contribution < 1.29 is 19.9 Å². The minimum absolute atomic E-state index is 0.447. The highest BCUT2D eigenvalue weighted by atomic mass is 16.6. The van der Waals surface area contributed by atoms with E-state index in [0.717, 1.165) is 0 Å². The van der Waals surface area contributed by atoms with Crippen LogP contribution in [-0.4, -0.2) is 29.7 Å². The number of rotatable bonds is 3. The Morgan fingerprint density at radius 1 is 1.04 bits per heavy atom. The van der Waals surface area contributed by atoms with Crippen LogP contribution in [-0.2, 0) is 7.05 Å². The Morgan fingerprint density at radius 3 is 1.74 bits per heavy atom. The van der Waals surface area contributed by atoms with Crippen LogP contribution in [0.25, 0.3) is 0 Å². The van der Waals surface area contributed by atoms with Gasteiger partial charge in [0, 0.05) is 18.9 Å². The van der Waals surface area contributed by atoms with Gasteiger partial charge in [-0.25, -0.2) is 0 Å². The predicted octanol–water partition coefficient (Wildman–Crippen LogP) is 1.85. The summed E-state index contributed by atoms with van der Waals surface area (Å²) in [4.78, 5) is 27.8. The quantitative estimate of drug-likeness (QED) is 0.658. The molecule has 122 valence electrons. The van der Waals surface area contributed by atoms with Gasteiger partial charge in [-0.2, -0.15) is 5.10 Å². The first kappa shape index (κ1) is 17.5. The second kappa shape index (κ2) is 6.93. The smallest absolute Gasteiger partial charge is 0.324 e. The molecule has 12 heteroatoms. The minimum atomic E-state index is -1.21. The second-order valence-electron chi connectivity index (χ2n) is 4.20. The van der Waals surface area contributed by atoms with Crippen LogP contribution in [0.1, 0.15) is 5.69 Å². The SMILES string of the molecule is Cc1ccnn1C.O=[N+]([O-])c1cc([N+](=O)[O-])c(O)c([N+](=O)[O-])c1. The largest absolute Gasteiger partial charge is 0.497 e. The number of benzene rings is 1.